The van der Waals surface area contributed by atoms with Gasteiger partial charge < -0.3 is 14.6 Å². The second-order valence-electron chi connectivity index (χ2n) is 5.64. The molecule has 28 heavy (non-hydrogen) atoms. The van der Waals surface area contributed by atoms with E-state index >= 15 is 0 Å². The van der Waals surface area contributed by atoms with E-state index in [1.165, 1.54) is 11.2 Å². The summed E-state index contributed by atoms with van der Waals surface area (Å²) in [5.74, 6) is 0.280. The van der Waals surface area contributed by atoms with Crippen molar-refractivity contribution in [2.45, 2.75) is 11.8 Å². The average Bonchev–Trinajstić information content (AvgIpc) is 2.69. The largest absolute Gasteiger partial charge is 0.497 e. The number of methoxy groups -OCH3 is 1. The van der Waals surface area contributed by atoms with Gasteiger partial charge in [-0.2, -0.15) is 0 Å². The Hall–Kier alpha value is -3.00. The van der Waals surface area contributed by atoms with Gasteiger partial charge in [-0.05, 0) is 42.8 Å². The number of aliphatic imine (C=N–C) groups is 1. The number of carboxylic acids is 1. The molecule has 0 atom stereocenters. The van der Waals surface area contributed by atoms with Crippen molar-refractivity contribution in [3.05, 3.63) is 54.1 Å². The highest BCUT2D eigenvalue weighted by molar-refractivity contribution is 7.99. The normalized spacial score (nSPS) is 10.6. The highest BCUT2D eigenvalue weighted by Crippen LogP contribution is 2.22. The quantitative estimate of drug-likeness (QED) is 0.297. The molecule has 8 heteroatoms. The Kier molecular flexibility index (Phi) is 8.36. The van der Waals surface area contributed by atoms with E-state index in [2.05, 4.69) is 4.99 Å². The summed E-state index contributed by atoms with van der Waals surface area (Å²) in [6, 6.07) is 14.8. The Balaban J connectivity index is 1.94. The topological polar surface area (TPSA) is 88.4 Å². The maximum Gasteiger partial charge on any atom is 0.419 e. The minimum absolute atomic E-state index is 0.199. The number of anilines is 1. The van der Waals surface area contributed by atoms with Crippen molar-refractivity contribution in [1.29, 1.82) is 0 Å². The molecule has 0 bridgehead atoms. The number of hydrogen-bond donors (Lipinski definition) is 1. The van der Waals surface area contributed by atoms with Gasteiger partial charge in [0, 0.05) is 10.6 Å². The van der Waals surface area contributed by atoms with Gasteiger partial charge >= 0.3 is 12.1 Å². The predicted molar refractivity (Wildman–Crippen MR) is 110 cm³/mol. The summed E-state index contributed by atoms with van der Waals surface area (Å²) < 4.78 is 10.5. The lowest BCUT2D eigenvalue weighted by molar-refractivity contribution is -0.135. The molecule has 2 rings (SSSR count). The molecule has 0 saturated carbocycles. The maximum atomic E-state index is 12.5. The third kappa shape index (κ3) is 6.62. The zero-order valence-corrected chi connectivity index (χ0v) is 16.5. The molecule has 0 aliphatic heterocycles. The second-order valence-corrected chi connectivity index (χ2v) is 6.81. The first-order valence-corrected chi connectivity index (χ1v) is 9.50. The summed E-state index contributed by atoms with van der Waals surface area (Å²) in [7, 11) is 1.61. The lowest BCUT2D eigenvalue weighted by Crippen LogP contribution is -2.31. The molecule has 0 saturated heterocycles. The van der Waals surface area contributed by atoms with Crippen LogP contribution in [0.15, 0.2) is 58.4 Å². The van der Waals surface area contributed by atoms with E-state index in [9.17, 15) is 9.59 Å². The SMILES string of the molecule is COc1ccc(SCCOC(=O)N(C=NCC(=O)O)c2ccccc2C)cc1. The van der Waals surface area contributed by atoms with Gasteiger partial charge in [-0.1, -0.05) is 18.2 Å². The smallest absolute Gasteiger partial charge is 0.419 e. The van der Waals surface area contributed by atoms with Crippen LogP contribution in [0.2, 0.25) is 0 Å². The average molecular weight is 402 g/mol. The number of amides is 1. The van der Waals surface area contributed by atoms with Gasteiger partial charge in [0.05, 0.1) is 12.8 Å². The number of aryl methyl sites for hydroxylation is 1. The van der Waals surface area contributed by atoms with Crippen LogP contribution in [-0.4, -0.2) is 49.5 Å². The van der Waals surface area contributed by atoms with Crippen LogP contribution < -0.4 is 9.64 Å². The van der Waals surface area contributed by atoms with Gasteiger partial charge in [0.2, 0.25) is 0 Å². The van der Waals surface area contributed by atoms with Crippen molar-refractivity contribution >= 4 is 35.9 Å². The van der Waals surface area contributed by atoms with Crippen molar-refractivity contribution in [3.63, 3.8) is 0 Å². The molecule has 2 aromatic carbocycles. The van der Waals surface area contributed by atoms with Crippen LogP contribution >= 0.6 is 11.8 Å². The van der Waals surface area contributed by atoms with Crippen LogP contribution in [0.3, 0.4) is 0 Å². The Morgan fingerprint density at radius 2 is 1.89 bits per heavy atom. The molecule has 0 heterocycles. The van der Waals surface area contributed by atoms with E-state index in [1.807, 2.05) is 43.3 Å². The fraction of sp³-hybridized carbons (Fsp3) is 0.250. The number of carboxylic acid groups (broad SMARTS) is 1. The van der Waals surface area contributed by atoms with E-state index < -0.39 is 18.6 Å². The number of hydrogen-bond acceptors (Lipinski definition) is 6. The van der Waals surface area contributed by atoms with E-state index in [4.69, 9.17) is 14.6 Å². The first-order valence-electron chi connectivity index (χ1n) is 8.51. The number of para-hydroxylation sites is 1. The summed E-state index contributed by atoms with van der Waals surface area (Å²) in [5.41, 5.74) is 1.43. The molecule has 0 aliphatic carbocycles. The zero-order valence-electron chi connectivity index (χ0n) is 15.7. The van der Waals surface area contributed by atoms with E-state index in [0.717, 1.165) is 16.2 Å². The van der Waals surface area contributed by atoms with Gasteiger partial charge in [-0.3, -0.25) is 9.79 Å². The van der Waals surface area contributed by atoms with Crippen LogP contribution in [0.5, 0.6) is 5.75 Å². The van der Waals surface area contributed by atoms with Crippen molar-refractivity contribution in [2.24, 2.45) is 4.99 Å². The molecule has 1 amide bonds. The molecule has 1 N–H and O–H groups in total. The number of carbonyl (C=O) groups excluding carboxylic acids is 1. The molecule has 0 aromatic heterocycles. The van der Waals surface area contributed by atoms with Crippen molar-refractivity contribution in [2.75, 3.05) is 30.9 Å². The number of aliphatic carboxylic acids is 1. The number of thioether (sulfide) groups is 1. The summed E-state index contributed by atoms with van der Waals surface area (Å²) in [6.07, 6.45) is 0.578. The third-order valence-corrected chi connectivity index (χ3v) is 4.61. The fourth-order valence-electron chi connectivity index (χ4n) is 2.27. The standard InChI is InChI=1S/C20H22N2O5S/c1-15-5-3-4-6-18(15)22(14-21-13-19(23)24)20(25)27-11-12-28-17-9-7-16(26-2)8-10-17/h3-10,14H,11-13H2,1-2H3,(H,23,24). The molecular weight excluding hydrogens is 380 g/mol. The number of rotatable bonds is 9. The summed E-state index contributed by atoms with van der Waals surface area (Å²) in [4.78, 5) is 29.2. The molecule has 2 aromatic rings. The predicted octanol–water partition coefficient (Wildman–Crippen LogP) is 3.85. The van der Waals surface area contributed by atoms with Crippen LogP contribution in [-0.2, 0) is 9.53 Å². The molecule has 0 radical (unpaired) electrons. The molecule has 0 unspecified atom stereocenters. The molecule has 0 spiro atoms. The summed E-state index contributed by atoms with van der Waals surface area (Å²) in [6.45, 7) is 1.62. The fourth-order valence-corrected chi connectivity index (χ4v) is 3.00. The number of benzene rings is 2. The minimum Gasteiger partial charge on any atom is -0.497 e. The molecule has 0 fully saturated rings. The first kappa shape index (κ1) is 21.3. The van der Waals surface area contributed by atoms with Crippen molar-refractivity contribution in [1.82, 2.24) is 0 Å². The zero-order chi connectivity index (χ0) is 20.4. The summed E-state index contributed by atoms with van der Waals surface area (Å²) in [5, 5.41) is 8.75. The van der Waals surface area contributed by atoms with Gasteiger partial charge in [0.1, 0.15) is 25.2 Å². The van der Waals surface area contributed by atoms with Crippen molar-refractivity contribution < 1.29 is 24.2 Å². The number of ether oxygens (including phenoxy) is 2. The van der Waals surface area contributed by atoms with Gasteiger partial charge in [-0.15, -0.1) is 11.8 Å². The lowest BCUT2D eigenvalue weighted by atomic mass is 10.2. The Labute approximate surface area is 168 Å². The Bertz CT molecular complexity index is 824. The monoisotopic (exact) mass is 402 g/mol. The van der Waals surface area contributed by atoms with Gasteiger partial charge in [0.15, 0.2) is 0 Å². The molecule has 7 nitrogen and oxygen atoms in total. The van der Waals surface area contributed by atoms with E-state index in [1.54, 1.807) is 31.0 Å². The van der Waals surface area contributed by atoms with Gasteiger partial charge in [0.25, 0.3) is 0 Å². The Morgan fingerprint density at radius 1 is 1.18 bits per heavy atom. The number of carbonyl (C=O) groups is 2. The van der Waals surface area contributed by atoms with E-state index in [0.29, 0.717) is 11.4 Å². The molecular formula is C20H22N2O5S. The highest BCUT2D eigenvalue weighted by atomic mass is 32.2. The highest BCUT2D eigenvalue weighted by Gasteiger charge is 2.17. The van der Waals surface area contributed by atoms with Crippen LogP contribution in [0, 0.1) is 6.92 Å². The molecule has 0 aliphatic rings. The lowest BCUT2D eigenvalue weighted by Gasteiger charge is -2.19. The van der Waals surface area contributed by atoms with Crippen LogP contribution in [0.25, 0.3) is 0 Å². The maximum absolute atomic E-state index is 12.5. The first-order chi connectivity index (χ1) is 13.5. The number of nitrogens with zero attached hydrogens (tertiary/aromatic N) is 2. The van der Waals surface area contributed by atoms with Crippen LogP contribution in [0.4, 0.5) is 10.5 Å². The van der Waals surface area contributed by atoms with E-state index in [-0.39, 0.29) is 6.61 Å². The molecule has 148 valence electrons. The van der Waals surface area contributed by atoms with Gasteiger partial charge in [-0.25, -0.2) is 9.69 Å². The van der Waals surface area contributed by atoms with Crippen LogP contribution in [0.1, 0.15) is 5.56 Å². The van der Waals surface area contributed by atoms with Crippen molar-refractivity contribution in [3.8, 4) is 5.75 Å². The summed E-state index contributed by atoms with van der Waals surface area (Å²) >= 11 is 1.55. The second kappa shape index (κ2) is 11.0. The third-order valence-electron chi connectivity index (χ3n) is 3.63. The Morgan fingerprint density at radius 3 is 2.54 bits per heavy atom. The minimum atomic E-state index is -1.08.